The molecule has 0 bridgehead atoms. The van der Waals surface area contributed by atoms with Gasteiger partial charge in [0.1, 0.15) is 5.71 Å². The molecule has 0 heterocycles. The molecule has 78 valence electrons. The number of carbonyl (C=O) groups is 1. The molecule has 0 atom stereocenters. The number of rotatable bonds is 3. The number of alkyl halides is 3. The van der Waals surface area contributed by atoms with E-state index in [9.17, 15) is 18.0 Å². The lowest BCUT2D eigenvalue weighted by molar-refractivity contribution is -0.129. The lowest BCUT2D eigenvalue weighted by Gasteiger charge is -2.03. The molecular weight excluding hydrogens is 199 g/mol. The third-order valence-electron chi connectivity index (χ3n) is 1.22. The fourth-order valence-electron chi connectivity index (χ4n) is 0.389. The van der Waals surface area contributed by atoms with Gasteiger partial charge in [0.15, 0.2) is 0 Å². The predicted octanol–water partition coefficient (Wildman–Crippen LogP) is 2.16. The molecule has 14 heavy (non-hydrogen) atoms. The van der Waals surface area contributed by atoms with Crippen LogP contribution in [-0.4, -0.2) is 23.0 Å². The zero-order valence-electron chi connectivity index (χ0n) is 7.30. The van der Waals surface area contributed by atoms with Crippen LogP contribution in [0.2, 0.25) is 0 Å². The Morgan fingerprint density at radius 2 is 2.00 bits per heavy atom. The highest BCUT2D eigenvalue weighted by molar-refractivity contribution is 6.34. The van der Waals surface area contributed by atoms with E-state index in [-0.39, 0.29) is 5.71 Å². The Morgan fingerprint density at radius 1 is 1.50 bits per heavy atom. The number of allylic oxidation sites excluding steroid dienone is 2. The Balaban J connectivity index is 4.42. The number of aliphatic imine (C=N–C) groups is 1. The van der Waals surface area contributed by atoms with E-state index >= 15 is 0 Å². The molecule has 0 amide bonds. The van der Waals surface area contributed by atoms with E-state index in [1.807, 2.05) is 0 Å². The first-order valence-electron chi connectivity index (χ1n) is 3.45. The molecule has 0 aliphatic heterocycles. The Morgan fingerprint density at radius 3 is 2.36 bits per heavy atom. The summed E-state index contributed by atoms with van der Waals surface area (Å²) >= 11 is 0. The van der Waals surface area contributed by atoms with Gasteiger partial charge in [-0.2, -0.15) is 13.2 Å². The van der Waals surface area contributed by atoms with E-state index in [4.69, 9.17) is 5.11 Å². The van der Waals surface area contributed by atoms with Crippen LogP contribution in [0.3, 0.4) is 0 Å². The topological polar surface area (TPSA) is 49.7 Å². The molecule has 0 aromatic carbocycles. The van der Waals surface area contributed by atoms with Crippen molar-refractivity contribution in [3.63, 3.8) is 0 Å². The van der Waals surface area contributed by atoms with Gasteiger partial charge in [-0.15, -0.1) is 0 Å². The van der Waals surface area contributed by atoms with Crippen LogP contribution in [0.1, 0.15) is 6.92 Å². The maximum atomic E-state index is 11.8. The van der Waals surface area contributed by atoms with Crippen molar-refractivity contribution in [3.8, 4) is 0 Å². The summed E-state index contributed by atoms with van der Waals surface area (Å²) in [5.74, 6) is -1.28. The third kappa shape index (κ3) is 4.44. The summed E-state index contributed by atoms with van der Waals surface area (Å²) in [4.78, 5) is 13.4. The molecule has 0 saturated heterocycles. The number of nitrogens with zero attached hydrogens (tertiary/aromatic N) is 1. The van der Waals surface area contributed by atoms with Gasteiger partial charge in [-0.25, -0.2) is 4.79 Å². The van der Waals surface area contributed by atoms with Gasteiger partial charge in [-0.1, -0.05) is 6.58 Å². The number of carboxylic acid groups (broad SMARTS) is 1. The Bertz CT molecular complexity index is 302. The van der Waals surface area contributed by atoms with Crippen molar-refractivity contribution < 1.29 is 23.1 Å². The molecule has 0 fully saturated rings. The lowest BCUT2D eigenvalue weighted by atomic mass is 10.3. The zero-order chi connectivity index (χ0) is 11.4. The second-order valence-electron chi connectivity index (χ2n) is 2.36. The van der Waals surface area contributed by atoms with Gasteiger partial charge in [0.05, 0.1) is 0 Å². The summed E-state index contributed by atoms with van der Waals surface area (Å²) in [5, 5.41) is 8.30. The average molecular weight is 207 g/mol. The quantitative estimate of drug-likeness (QED) is 0.569. The number of hydrogen-bond donors (Lipinski definition) is 1. The van der Waals surface area contributed by atoms with Gasteiger partial charge in [0, 0.05) is 11.8 Å². The molecule has 1 N–H and O–H groups in total. The molecule has 3 nitrogen and oxygen atoms in total. The van der Waals surface area contributed by atoms with Crippen LogP contribution in [0.4, 0.5) is 13.2 Å². The van der Waals surface area contributed by atoms with E-state index in [1.54, 1.807) is 0 Å². The highest BCUT2D eigenvalue weighted by Gasteiger charge is 2.29. The maximum Gasteiger partial charge on any atom is 0.415 e. The van der Waals surface area contributed by atoms with Crippen molar-refractivity contribution in [1.29, 1.82) is 0 Å². The van der Waals surface area contributed by atoms with Crippen molar-refractivity contribution in [2.75, 3.05) is 0 Å². The minimum atomic E-state index is -4.51. The first-order valence-corrected chi connectivity index (χ1v) is 3.45. The molecule has 0 unspecified atom stereocenters. The van der Waals surface area contributed by atoms with Crippen LogP contribution < -0.4 is 0 Å². The molecule has 0 aromatic heterocycles. The SMILES string of the molecule is C=C(C=CN=C(C)C(=O)O)C(F)(F)F. The fraction of sp³-hybridized carbons (Fsp3) is 0.250. The Hall–Kier alpha value is -1.59. The summed E-state index contributed by atoms with van der Waals surface area (Å²) < 4.78 is 35.4. The van der Waals surface area contributed by atoms with Crippen LogP contribution >= 0.6 is 0 Å². The number of halogens is 3. The van der Waals surface area contributed by atoms with Gasteiger partial charge in [0.2, 0.25) is 0 Å². The van der Waals surface area contributed by atoms with Gasteiger partial charge in [-0.3, -0.25) is 4.99 Å². The summed E-state index contributed by atoms with van der Waals surface area (Å²) in [5.41, 5.74) is -1.38. The molecule has 0 aliphatic carbocycles. The van der Waals surface area contributed by atoms with E-state index in [1.165, 1.54) is 6.92 Å². The molecule has 0 saturated carbocycles. The lowest BCUT2D eigenvalue weighted by Crippen LogP contribution is -2.09. The zero-order valence-corrected chi connectivity index (χ0v) is 7.30. The van der Waals surface area contributed by atoms with Crippen molar-refractivity contribution >= 4 is 11.7 Å². The van der Waals surface area contributed by atoms with E-state index in [2.05, 4.69) is 11.6 Å². The molecule has 0 aromatic rings. The molecule has 6 heteroatoms. The summed E-state index contributed by atoms with van der Waals surface area (Å²) in [6, 6.07) is 0. The van der Waals surface area contributed by atoms with Gasteiger partial charge < -0.3 is 5.11 Å². The van der Waals surface area contributed by atoms with E-state index < -0.39 is 17.7 Å². The van der Waals surface area contributed by atoms with Gasteiger partial charge in [-0.05, 0) is 13.0 Å². The van der Waals surface area contributed by atoms with Crippen LogP contribution in [-0.2, 0) is 4.79 Å². The highest BCUT2D eigenvalue weighted by Crippen LogP contribution is 2.24. The highest BCUT2D eigenvalue weighted by atomic mass is 19.4. The fourth-order valence-corrected chi connectivity index (χ4v) is 0.389. The van der Waals surface area contributed by atoms with Crippen molar-refractivity contribution in [1.82, 2.24) is 0 Å². The minimum absolute atomic E-state index is 0.295. The van der Waals surface area contributed by atoms with Crippen molar-refractivity contribution in [2.45, 2.75) is 13.1 Å². The van der Waals surface area contributed by atoms with Crippen molar-refractivity contribution in [2.24, 2.45) is 4.99 Å². The van der Waals surface area contributed by atoms with Crippen molar-refractivity contribution in [3.05, 3.63) is 24.4 Å². The van der Waals surface area contributed by atoms with Crippen LogP contribution in [0.15, 0.2) is 29.4 Å². The largest absolute Gasteiger partial charge is 0.477 e. The molecule has 0 spiro atoms. The van der Waals surface area contributed by atoms with Crippen LogP contribution in [0.5, 0.6) is 0 Å². The smallest absolute Gasteiger partial charge is 0.415 e. The molecule has 0 rings (SSSR count). The van der Waals surface area contributed by atoms with Crippen LogP contribution in [0, 0.1) is 0 Å². The van der Waals surface area contributed by atoms with Gasteiger partial charge in [0.25, 0.3) is 0 Å². The summed E-state index contributed by atoms with van der Waals surface area (Å²) in [6.45, 7) is 3.91. The number of aliphatic carboxylic acids is 1. The first kappa shape index (κ1) is 12.4. The normalized spacial score (nSPS) is 13.3. The van der Waals surface area contributed by atoms with Crippen LogP contribution in [0.25, 0.3) is 0 Å². The Kier molecular flexibility index (Phi) is 4.07. The van der Waals surface area contributed by atoms with E-state index in [0.717, 1.165) is 6.20 Å². The third-order valence-corrected chi connectivity index (χ3v) is 1.22. The second-order valence-corrected chi connectivity index (χ2v) is 2.36. The number of hydrogen-bond acceptors (Lipinski definition) is 2. The molecule has 0 radical (unpaired) electrons. The average Bonchev–Trinajstić information content (AvgIpc) is 2.01. The maximum absolute atomic E-state index is 11.8. The molecular formula is C8H8F3NO2. The number of carboxylic acids is 1. The summed E-state index contributed by atoms with van der Waals surface area (Å²) in [6.07, 6.45) is -3.16. The standard InChI is InChI=1S/C8H8F3NO2/c1-5(8(9,10)11)3-4-12-6(2)7(13)14/h3-4H,1H2,2H3,(H,13,14). The molecule has 0 aliphatic rings. The monoisotopic (exact) mass is 207 g/mol. The summed E-state index contributed by atoms with van der Waals surface area (Å²) in [7, 11) is 0. The minimum Gasteiger partial charge on any atom is -0.477 e. The predicted molar refractivity (Wildman–Crippen MR) is 45.1 cm³/mol. The Labute approximate surface area is 78.3 Å². The van der Waals surface area contributed by atoms with E-state index in [0.29, 0.717) is 6.08 Å². The second kappa shape index (κ2) is 4.59. The van der Waals surface area contributed by atoms with Gasteiger partial charge >= 0.3 is 12.1 Å². The first-order chi connectivity index (χ1) is 6.25.